The normalized spacial score (nSPS) is 14.8. The lowest BCUT2D eigenvalue weighted by molar-refractivity contribution is 0.711. The van der Waals surface area contributed by atoms with Gasteiger partial charge in [0.15, 0.2) is 0 Å². The van der Waals surface area contributed by atoms with Gasteiger partial charge in [0.2, 0.25) is 0 Å². The third-order valence-corrected chi connectivity index (χ3v) is 2.55. The Balaban J connectivity index is 0.000000461. The molecule has 78 valence electrons. The highest BCUT2D eigenvalue weighted by Crippen LogP contribution is 2.18. The molecule has 14 heavy (non-hydrogen) atoms. The number of rotatable bonds is 0. The van der Waals surface area contributed by atoms with Crippen molar-refractivity contribution in [2.24, 2.45) is 0 Å². The summed E-state index contributed by atoms with van der Waals surface area (Å²) in [6, 6.07) is 6.21. The molecule has 0 amide bonds. The lowest BCUT2D eigenvalue weighted by atomic mass is 10.0. The molecular formula is C12H18ClN. The summed E-state index contributed by atoms with van der Waals surface area (Å²) in [6.07, 6.45) is 2.24. The van der Waals surface area contributed by atoms with Crippen LogP contribution >= 0.6 is 11.6 Å². The van der Waals surface area contributed by atoms with Gasteiger partial charge in [-0.2, -0.15) is 0 Å². The van der Waals surface area contributed by atoms with Crippen molar-refractivity contribution in [3.8, 4) is 0 Å². The highest BCUT2D eigenvalue weighted by atomic mass is 35.5. The largest absolute Gasteiger partial charge is 0.316 e. The van der Waals surface area contributed by atoms with Crippen LogP contribution in [0.1, 0.15) is 25.0 Å². The van der Waals surface area contributed by atoms with Crippen LogP contribution in [0.15, 0.2) is 18.2 Å². The molecule has 1 aliphatic rings. The molecule has 1 nitrogen and oxygen atoms in total. The van der Waals surface area contributed by atoms with E-state index in [1.807, 2.05) is 19.9 Å². The molecule has 0 fully saturated rings. The maximum absolute atomic E-state index is 5.91. The number of fused-ring (bicyclic) bond motifs is 1. The second-order valence-electron chi connectivity index (χ2n) is 3.16. The molecule has 0 unspecified atom stereocenters. The quantitative estimate of drug-likeness (QED) is 0.696. The summed E-state index contributed by atoms with van der Waals surface area (Å²) in [5.41, 5.74) is 2.86. The third-order valence-electron chi connectivity index (χ3n) is 2.31. The molecule has 0 radical (unpaired) electrons. The Bertz CT molecular complexity index is 284. The van der Waals surface area contributed by atoms with E-state index in [-0.39, 0.29) is 0 Å². The highest BCUT2D eigenvalue weighted by Gasteiger charge is 2.06. The van der Waals surface area contributed by atoms with Crippen molar-refractivity contribution >= 4 is 11.6 Å². The lowest BCUT2D eigenvalue weighted by Crippen LogP contribution is -2.16. The zero-order chi connectivity index (χ0) is 10.4. The van der Waals surface area contributed by atoms with E-state index in [0.717, 1.165) is 31.0 Å². The van der Waals surface area contributed by atoms with Crippen molar-refractivity contribution in [2.75, 3.05) is 13.1 Å². The number of hydrogen-bond donors (Lipinski definition) is 1. The molecule has 0 saturated heterocycles. The van der Waals surface area contributed by atoms with Crippen LogP contribution in [-0.2, 0) is 12.8 Å². The van der Waals surface area contributed by atoms with Gasteiger partial charge < -0.3 is 5.32 Å². The van der Waals surface area contributed by atoms with Crippen LogP contribution in [0.5, 0.6) is 0 Å². The summed E-state index contributed by atoms with van der Waals surface area (Å²) >= 11 is 5.91. The Kier molecular flexibility index (Phi) is 4.99. The molecule has 0 aromatic heterocycles. The van der Waals surface area contributed by atoms with Crippen molar-refractivity contribution in [2.45, 2.75) is 26.7 Å². The van der Waals surface area contributed by atoms with Crippen molar-refractivity contribution < 1.29 is 0 Å². The smallest absolute Gasteiger partial charge is 0.0408 e. The van der Waals surface area contributed by atoms with Crippen LogP contribution in [-0.4, -0.2) is 13.1 Å². The fourth-order valence-corrected chi connectivity index (χ4v) is 1.84. The molecule has 0 saturated carbocycles. The Hall–Kier alpha value is -0.530. The molecule has 1 aromatic rings. The minimum atomic E-state index is 0.857. The van der Waals surface area contributed by atoms with E-state index in [1.54, 1.807) is 0 Å². The summed E-state index contributed by atoms with van der Waals surface area (Å²) in [7, 11) is 0. The van der Waals surface area contributed by atoms with Gasteiger partial charge in [0.25, 0.3) is 0 Å². The second kappa shape index (κ2) is 6.05. The van der Waals surface area contributed by atoms with Gasteiger partial charge in [0.1, 0.15) is 0 Å². The SMILES string of the molecule is CC.Clc1ccc2c(c1)CCNCC2. The van der Waals surface area contributed by atoms with Gasteiger partial charge in [-0.25, -0.2) is 0 Å². The van der Waals surface area contributed by atoms with Crippen molar-refractivity contribution in [3.63, 3.8) is 0 Å². The third kappa shape index (κ3) is 3.00. The standard InChI is InChI=1S/C10H12ClN.C2H6/c11-10-2-1-8-3-5-12-6-4-9(8)7-10;1-2/h1-2,7,12H,3-6H2;1-2H3. The lowest BCUT2D eigenvalue weighted by Gasteiger charge is -2.03. The maximum Gasteiger partial charge on any atom is 0.0408 e. The van der Waals surface area contributed by atoms with E-state index in [1.165, 1.54) is 11.1 Å². The van der Waals surface area contributed by atoms with Gasteiger partial charge in [-0.15, -0.1) is 0 Å². The zero-order valence-corrected chi connectivity index (χ0v) is 9.69. The van der Waals surface area contributed by atoms with E-state index in [0.29, 0.717) is 0 Å². The van der Waals surface area contributed by atoms with Crippen LogP contribution in [0.3, 0.4) is 0 Å². The molecule has 1 heterocycles. The topological polar surface area (TPSA) is 12.0 Å². The predicted molar refractivity (Wildman–Crippen MR) is 63.1 cm³/mol. The predicted octanol–water partition coefficient (Wildman–Crippen LogP) is 3.05. The van der Waals surface area contributed by atoms with Gasteiger partial charge >= 0.3 is 0 Å². The maximum atomic E-state index is 5.91. The van der Waals surface area contributed by atoms with Crippen molar-refractivity contribution in [1.29, 1.82) is 0 Å². The van der Waals surface area contributed by atoms with Gasteiger partial charge in [-0.1, -0.05) is 31.5 Å². The average molecular weight is 212 g/mol. The van der Waals surface area contributed by atoms with E-state index in [9.17, 15) is 0 Å². The van der Waals surface area contributed by atoms with Crippen LogP contribution < -0.4 is 5.32 Å². The summed E-state index contributed by atoms with van der Waals surface area (Å²) in [6.45, 7) is 6.17. The van der Waals surface area contributed by atoms with Crippen LogP contribution in [0.4, 0.5) is 0 Å². The Morgan fingerprint density at radius 3 is 2.43 bits per heavy atom. The number of halogens is 1. The highest BCUT2D eigenvalue weighted by molar-refractivity contribution is 6.30. The summed E-state index contributed by atoms with van der Waals surface area (Å²) < 4.78 is 0. The number of hydrogen-bond acceptors (Lipinski definition) is 1. The Morgan fingerprint density at radius 2 is 1.71 bits per heavy atom. The first-order chi connectivity index (χ1) is 6.86. The minimum Gasteiger partial charge on any atom is -0.316 e. The van der Waals surface area contributed by atoms with Crippen molar-refractivity contribution in [1.82, 2.24) is 5.32 Å². The molecular weight excluding hydrogens is 194 g/mol. The molecule has 2 heteroatoms. The fraction of sp³-hybridized carbons (Fsp3) is 0.500. The van der Waals surface area contributed by atoms with E-state index in [4.69, 9.17) is 11.6 Å². The molecule has 0 aliphatic carbocycles. The summed E-state index contributed by atoms with van der Waals surface area (Å²) in [5.74, 6) is 0. The van der Waals surface area contributed by atoms with E-state index in [2.05, 4.69) is 17.4 Å². The van der Waals surface area contributed by atoms with Gasteiger partial charge in [-0.3, -0.25) is 0 Å². The van der Waals surface area contributed by atoms with E-state index < -0.39 is 0 Å². The first-order valence-electron chi connectivity index (χ1n) is 5.34. The Labute approximate surface area is 91.5 Å². The van der Waals surface area contributed by atoms with Gasteiger partial charge in [-0.05, 0) is 49.2 Å². The van der Waals surface area contributed by atoms with Gasteiger partial charge in [0, 0.05) is 5.02 Å². The molecule has 0 bridgehead atoms. The number of benzene rings is 1. The second-order valence-corrected chi connectivity index (χ2v) is 3.60. The first kappa shape index (κ1) is 11.5. The van der Waals surface area contributed by atoms with Crippen molar-refractivity contribution in [3.05, 3.63) is 34.3 Å². The fourth-order valence-electron chi connectivity index (χ4n) is 1.64. The van der Waals surface area contributed by atoms with Crippen LogP contribution in [0, 0.1) is 0 Å². The van der Waals surface area contributed by atoms with Crippen LogP contribution in [0.2, 0.25) is 5.02 Å². The molecule has 1 N–H and O–H groups in total. The molecule has 1 aromatic carbocycles. The van der Waals surface area contributed by atoms with Crippen LogP contribution in [0.25, 0.3) is 0 Å². The Morgan fingerprint density at radius 1 is 1.07 bits per heavy atom. The average Bonchev–Trinajstić information content (AvgIpc) is 2.45. The molecule has 1 aliphatic heterocycles. The monoisotopic (exact) mass is 211 g/mol. The molecule has 0 spiro atoms. The summed E-state index contributed by atoms with van der Waals surface area (Å²) in [5, 5.41) is 4.23. The molecule has 0 atom stereocenters. The first-order valence-corrected chi connectivity index (χ1v) is 5.72. The summed E-state index contributed by atoms with van der Waals surface area (Å²) in [4.78, 5) is 0. The molecule has 2 rings (SSSR count). The number of nitrogens with one attached hydrogen (secondary N) is 1. The zero-order valence-electron chi connectivity index (χ0n) is 8.94. The van der Waals surface area contributed by atoms with Gasteiger partial charge in [0.05, 0.1) is 0 Å². The van der Waals surface area contributed by atoms with E-state index >= 15 is 0 Å². The minimum absolute atomic E-state index is 0.857.